The second kappa shape index (κ2) is 7.07. The zero-order valence-corrected chi connectivity index (χ0v) is 13.3. The van der Waals surface area contributed by atoms with Gasteiger partial charge in [-0.2, -0.15) is 0 Å². The Hall–Kier alpha value is -1.10. The zero-order chi connectivity index (χ0) is 14.5. The number of hydrogen-bond donors (Lipinski definition) is 1. The smallest absolute Gasteiger partial charge is 0.166 e. The fourth-order valence-corrected chi connectivity index (χ4v) is 2.20. The quantitative estimate of drug-likeness (QED) is 0.798. The lowest BCUT2D eigenvalue weighted by Crippen LogP contribution is -2.12. The van der Waals surface area contributed by atoms with E-state index in [9.17, 15) is 4.39 Å². The first-order chi connectivity index (χ1) is 9.60. The number of rotatable bonds is 5. The minimum absolute atomic E-state index is 0.174. The van der Waals surface area contributed by atoms with Gasteiger partial charge in [0, 0.05) is 21.6 Å². The van der Waals surface area contributed by atoms with E-state index in [4.69, 9.17) is 16.3 Å². The molecule has 0 saturated carbocycles. The minimum Gasteiger partial charge on any atom is -0.454 e. The van der Waals surface area contributed by atoms with Crippen LogP contribution in [-0.2, 0) is 6.54 Å². The summed E-state index contributed by atoms with van der Waals surface area (Å²) in [4.78, 5) is 0. The van der Waals surface area contributed by atoms with Crippen LogP contribution in [0.15, 0.2) is 40.9 Å². The average Bonchev–Trinajstić information content (AvgIpc) is 2.41. The molecule has 2 aromatic rings. The van der Waals surface area contributed by atoms with E-state index in [1.807, 2.05) is 13.0 Å². The summed E-state index contributed by atoms with van der Waals surface area (Å²) in [5.41, 5.74) is 0.929. The largest absolute Gasteiger partial charge is 0.454 e. The Kier molecular flexibility index (Phi) is 5.40. The van der Waals surface area contributed by atoms with Crippen LogP contribution >= 0.6 is 27.5 Å². The Balaban J connectivity index is 2.29. The highest BCUT2D eigenvalue weighted by atomic mass is 79.9. The second-order valence-corrected chi connectivity index (χ2v) is 5.56. The molecule has 0 unspecified atom stereocenters. The molecule has 0 aliphatic rings. The predicted molar refractivity (Wildman–Crippen MR) is 83.0 cm³/mol. The molecule has 2 aromatic carbocycles. The molecular formula is C15H14BrClFNO. The van der Waals surface area contributed by atoms with Crippen molar-refractivity contribution in [3.63, 3.8) is 0 Å². The van der Waals surface area contributed by atoms with E-state index in [0.717, 1.165) is 12.1 Å². The molecule has 2 rings (SSSR count). The van der Waals surface area contributed by atoms with Crippen LogP contribution in [0, 0.1) is 5.82 Å². The number of nitrogens with one attached hydrogen (secondary N) is 1. The summed E-state index contributed by atoms with van der Waals surface area (Å²) in [5, 5.41) is 3.76. The van der Waals surface area contributed by atoms with Crippen molar-refractivity contribution in [2.45, 2.75) is 13.5 Å². The maximum atomic E-state index is 13.8. The summed E-state index contributed by atoms with van der Waals surface area (Å²) in [6, 6.07) is 10.0. The van der Waals surface area contributed by atoms with Crippen LogP contribution in [-0.4, -0.2) is 6.54 Å². The van der Waals surface area contributed by atoms with Gasteiger partial charge in [0.15, 0.2) is 11.6 Å². The third kappa shape index (κ3) is 3.95. The van der Waals surface area contributed by atoms with E-state index in [-0.39, 0.29) is 5.75 Å². The molecule has 0 atom stereocenters. The SMILES string of the molecule is CCNCc1ccc(Cl)cc1Oc1ccc(Br)cc1F. The van der Waals surface area contributed by atoms with Crippen LogP contribution in [0.5, 0.6) is 11.5 Å². The van der Waals surface area contributed by atoms with E-state index in [1.165, 1.54) is 6.07 Å². The summed E-state index contributed by atoms with van der Waals surface area (Å²) in [6.45, 7) is 3.50. The standard InChI is InChI=1S/C15H14BrClFNO/c1-2-19-9-10-3-5-12(17)8-15(10)20-14-6-4-11(16)7-13(14)18/h3-8,19H,2,9H2,1H3. The van der Waals surface area contributed by atoms with Gasteiger partial charge in [0.25, 0.3) is 0 Å². The summed E-state index contributed by atoms with van der Waals surface area (Å²) < 4.78 is 20.1. The van der Waals surface area contributed by atoms with Gasteiger partial charge < -0.3 is 10.1 Å². The molecule has 0 saturated heterocycles. The molecule has 0 bridgehead atoms. The van der Waals surface area contributed by atoms with Crippen LogP contribution < -0.4 is 10.1 Å². The van der Waals surface area contributed by atoms with Crippen molar-refractivity contribution >= 4 is 27.5 Å². The van der Waals surface area contributed by atoms with Crippen LogP contribution in [0.4, 0.5) is 4.39 Å². The highest BCUT2D eigenvalue weighted by Crippen LogP contribution is 2.31. The van der Waals surface area contributed by atoms with Crippen LogP contribution in [0.2, 0.25) is 5.02 Å². The summed E-state index contributed by atoms with van der Waals surface area (Å²) >= 11 is 9.20. The lowest BCUT2D eigenvalue weighted by molar-refractivity contribution is 0.436. The highest BCUT2D eigenvalue weighted by Gasteiger charge is 2.09. The predicted octanol–water partition coefficient (Wildman–Crippen LogP) is 5.14. The normalized spacial score (nSPS) is 10.6. The first-order valence-electron chi connectivity index (χ1n) is 6.22. The Labute approximate surface area is 131 Å². The Morgan fingerprint density at radius 3 is 2.70 bits per heavy atom. The van der Waals surface area contributed by atoms with Gasteiger partial charge in [-0.05, 0) is 36.9 Å². The Morgan fingerprint density at radius 1 is 1.20 bits per heavy atom. The monoisotopic (exact) mass is 357 g/mol. The molecule has 0 spiro atoms. The number of hydrogen-bond acceptors (Lipinski definition) is 2. The topological polar surface area (TPSA) is 21.3 Å². The van der Waals surface area contributed by atoms with Gasteiger partial charge in [0.1, 0.15) is 5.75 Å². The molecule has 0 aromatic heterocycles. The number of benzene rings is 2. The van der Waals surface area contributed by atoms with E-state index in [0.29, 0.717) is 21.8 Å². The van der Waals surface area contributed by atoms with E-state index in [2.05, 4.69) is 21.2 Å². The van der Waals surface area contributed by atoms with Crippen molar-refractivity contribution in [2.75, 3.05) is 6.54 Å². The van der Waals surface area contributed by atoms with E-state index >= 15 is 0 Å². The highest BCUT2D eigenvalue weighted by molar-refractivity contribution is 9.10. The molecule has 0 aliphatic carbocycles. The number of halogens is 3. The number of ether oxygens (including phenoxy) is 1. The first kappa shape index (κ1) is 15.3. The zero-order valence-electron chi connectivity index (χ0n) is 10.9. The molecule has 20 heavy (non-hydrogen) atoms. The molecular weight excluding hydrogens is 345 g/mol. The average molecular weight is 359 g/mol. The molecule has 0 radical (unpaired) electrons. The minimum atomic E-state index is -0.422. The summed E-state index contributed by atoms with van der Waals surface area (Å²) in [6.07, 6.45) is 0. The van der Waals surface area contributed by atoms with Crippen molar-refractivity contribution in [1.82, 2.24) is 5.32 Å². The van der Waals surface area contributed by atoms with Crippen LogP contribution in [0.3, 0.4) is 0 Å². The van der Waals surface area contributed by atoms with E-state index < -0.39 is 5.82 Å². The molecule has 5 heteroatoms. The summed E-state index contributed by atoms with van der Waals surface area (Å²) in [5.74, 6) is 0.307. The van der Waals surface area contributed by atoms with Gasteiger partial charge in [0.05, 0.1) is 0 Å². The fraction of sp³-hybridized carbons (Fsp3) is 0.200. The molecule has 2 nitrogen and oxygen atoms in total. The van der Waals surface area contributed by atoms with Gasteiger partial charge in [0.2, 0.25) is 0 Å². The lowest BCUT2D eigenvalue weighted by Gasteiger charge is -2.12. The summed E-state index contributed by atoms with van der Waals surface area (Å²) in [7, 11) is 0. The van der Waals surface area contributed by atoms with Gasteiger partial charge in [-0.25, -0.2) is 4.39 Å². The third-order valence-corrected chi connectivity index (χ3v) is 3.44. The maximum absolute atomic E-state index is 13.8. The first-order valence-corrected chi connectivity index (χ1v) is 7.39. The molecule has 0 fully saturated rings. The lowest BCUT2D eigenvalue weighted by atomic mass is 10.2. The molecule has 106 valence electrons. The molecule has 1 N–H and O–H groups in total. The second-order valence-electron chi connectivity index (χ2n) is 4.21. The van der Waals surface area contributed by atoms with Crippen molar-refractivity contribution in [1.29, 1.82) is 0 Å². The molecule has 0 aliphatic heterocycles. The third-order valence-electron chi connectivity index (χ3n) is 2.71. The van der Waals surface area contributed by atoms with Gasteiger partial charge in [-0.1, -0.05) is 40.5 Å². The fourth-order valence-electron chi connectivity index (χ4n) is 1.71. The van der Waals surface area contributed by atoms with Crippen LogP contribution in [0.25, 0.3) is 0 Å². The maximum Gasteiger partial charge on any atom is 0.166 e. The Morgan fingerprint density at radius 2 is 2.00 bits per heavy atom. The van der Waals surface area contributed by atoms with Gasteiger partial charge in [-0.15, -0.1) is 0 Å². The molecule has 0 amide bonds. The van der Waals surface area contributed by atoms with Crippen molar-refractivity contribution in [2.24, 2.45) is 0 Å². The van der Waals surface area contributed by atoms with Gasteiger partial charge >= 0.3 is 0 Å². The van der Waals surface area contributed by atoms with Crippen LogP contribution in [0.1, 0.15) is 12.5 Å². The Bertz CT molecular complexity index is 606. The van der Waals surface area contributed by atoms with Crippen molar-refractivity contribution in [3.05, 3.63) is 57.3 Å². The van der Waals surface area contributed by atoms with E-state index in [1.54, 1.807) is 24.3 Å². The molecule has 0 heterocycles. The van der Waals surface area contributed by atoms with Crippen molar-refractivity contribution in [3.8, 4) is 11.5 Å². The van der Waals surface area contributed by atoms with Crippen molar-refractivity contribution < 1.29 is 9.13 Å². The van der Waals surface area contributed by atoms with Gasteiger partial charge in [-0.3, -0.25) is 0 Å².